The first kappa shape index (κ1) is 19.3. The molecule has 0 saturated carbocycles. The first-order chi connectivity index (χ1) is 14.0. The van der Waals surface area contributed by atoms with Crippen LogP contribution in [0.2, 0.25) is 10.0 Å². The first-order valence-electron chi connectivity index (χ1n) is 8.75. The number of hydrogen-bond acceptors (Lipinski definition) is 5. The summed E-state index contributed by atoms with van der Waals surface area (Å²) in [6.07, 6.45) is 1.43. The number of halogens is 2. The van der Waals surface area contributed by atoms with Crippen LogP contribution in [0.25, 0.3) is 0 Å². The van der Waals surface area contributed by atoms with Gasteiger partial charge >= 0.3 is 0 Å². The third-order valence-electron chi connectivity index (χ3n) is 4.65. The van der Waals surface area contributed by atoms with Crippen molar-refractivity contribution in [3.63, 3.8) is 0 Å². The number of hydrogen-bond donors (Lipinski definition) is 2. The van der Waals surface area contributed by atoms with Crippen LogP contribution in [-0.2, 0) is 4.79 Å². The van der Waals surface area contributed by atoms with E-state index in [9.17, 15) is 4.79 Å². The van der Waals surface area contributed by atoms with Gasteiger partial charge in [0.15, 0.2) is 0 Å². The Hall–Kier alpha value is -3.03. The first-order valence-corrected chi connectivity index (χ1v) is 9.51. The lowest BCUT2D eigenvalue weighted by Crippen LogP contribution is -2.31. The molecule has 0 fully saturated rings. The molecule has 1 aliphatic rings. The van der Waals surface area contributed by atoms with Crippen molar-refractivity contribution in [3.8, 4) is 5.75 Å². The normalized spacial score (nSPS) is 15.5. The molecule has 2 aromatic carbocycles. The van der Waals surface area contributed by atoms with Gasteiger partial charge in [-0.15, -0.1) is 0 Å². The van der Waals surface area contributed by atoms with E-state index >= 15 is 0 Å². The molecule has 1 aromatic heterocycles. The maximum Gasteiger partial charge on any atom is 0.255 e. The summed E-state index contributed by atoms with van der Waals surface area (Å²) in [4.78, 5) is 17.5. The number of amides is 1. The van der Waals surface area contributed by atoms with Gasteiger partial charge in [0.05, 0.1) is 22.7 Å². The molecule has 0 saturated heterocycles. The van der Waals surface area contributed by atoms with E-state index in [1.54, 1.807) is 48.2 Å². The fourth-order valence-corrected chi connectivity index (χ4v) is 3.55. The van der Waals surface area contributed by atoms with E-state index in [1.165, 1.54) is 6.33 Å². The molecule has 3 aromatic rings. The van der Waals surface area contributed by atoms with Crippen LogP contribution < -0.4 is 15.4 Å². The predicted octanol–water partition coefficient (Wildman–Crippen LogP) is 4.52. The zero-order valence-corrected chi connectivity index (χ0v) is 17.1. The van der Waals surface area contributed by atoms with Gasteiger partial charge in [-0.05, 0) is 48.9 Å². The second-order valence-corrected chi connectivity index (χ2v) is 7.26. The molecule has 0 unspecified atom stereocenters. The SMILES string of the molecule is COc1ccc(NC(=O)C2=C(C)Nc3ncnn3[C@H]2c2ccc(Cl)c(Cl)c2)cc1. The molecule has 1 aliphatic heterocycles. The highest BCUT2D eigenvalue weighted by Crippen LogP contribution is 2.37. The van der Waals surface area contributed by atoms with Gasteiger partial charge in [-0.3, -0.25) is 4.79 Å². The monoisotopic (exact) mass is 429 g/mol. The lowest BCUT2D eigenvalue weighted by atomic mass is 9.95. The molecule has 0 radical (unpaired) electrons. The van der Waals surface area contributed by atoms with Crippen molar-refractivity contribution in [3.05, 3.63) is 75.7 Å². The van der Waals surface area contributed by atoms with Gasteiger partial charge in [-0.2, -0.15) is 10.1 Å². The highest BCUT2D eigenvalue weighted by Gasteiger charge is 2.33. The highest BCUT2D eigenvalue weighted by atomic mass is 35.5. The quantitative estimate of drug-likeness (QED) is 0.636. The molecule has 4 rings (SSSR count). The minimum absolute atomic E-state index is 0.266. The number of anilines is 2. The minimum atomic E-state index is -0.512. The second-order valence-electron chi connectivity index (χ2n) is 6.45. The molecule has 29 heavy (non-hydrogen) atoms. The van der Waals surface area contributed by atoms with Crippen molar-refractivity contribution in [2.24, 2.45) is 0 Å². The largest absolute Gasteiger partial charge is 0.497 e. The molecule has 0 aliphatic carbocycles. The molecular formula is C20H17Cl2N5O2. The van der Waals surface area contributed by atoms with Crippen LogP contribution in [0.15, 0.2) is 60.1 Å². The van der Waals surface area contributed by atoms with Gasteiger partial charge in [0.1, 0.15) is 18.1 Å². The number of nitrogens with one attached hydrogen (secondary N) is 2. The third-order valence-corrected chi connectivity index (χ3v) is 5.39. The van der Waals surface area contributed by atoms with Crippen molar-refractivity contribution in [2.75, 3.05) is 17.7 Å². The molecule has 148 valence electrons. The standard InChI is InChI=1S/C20H17Cl2N5O2/c1-11-17(19(28)26-13-4-6-14(29-2)7-5-13)18(27-20(25-11)23-10-24-27)12-3-8-15(21)16(22)9-12/h3-10,18H,1-2H3,(H,26,28)(H,23,24,25)/t18-/m0/s1. The summed E-state index contributed by atoms with van der Waals surface area (Å²) in [7, 11) is 1.59. The average Bonchev–Trinajstić information content (AvgIpc) is 3.17. The van der Waals surface area contributed by atoms with E-state index in [-0.39, 0.29) is 5.91 Å². The van der Waals surface area contributed by atoms with Gasteiger partial charge in [-0.1, -0.05) is 29.3 Å². The maximum atomic E-state index is 13.2. The number of aromatic nitrogens is 3. The fraction of sp³-hybridized carbons (Fsp3) is 0.150. The van der Waals surface area contributed by atoms with Crippen LogP contribution in [0.3, 0.4) is 0 Å². The number of carbonyl (C=O) groups is 1. The second kappa shape index (κ2) is 7.77. The predicted molar refractivity (Wildman–Crippen MR) is 113 cm³/mol. The van der Waals surface area contributed by atoms with Crippen molar-refractivity contribution < 1.29 is 9.53 Å². The van der Waals surface area contributed by atoms with Crippen LogP contribution in [-0.4, -0.2) is 27.8 Å². The Morgan fingerprint density at radius 2 is 1.93 bits per heavy atom. The molecule has 2 N–H and O–H groups in total. The fourth-order valence-electron chi connectivity index (χ4n) is 3.25. The highest BCUT2D eigenvalue weighted by molar-refractivity contribution is 6.42. The molecule has 2 heterocycles. The van der Waals surface area contributed by atoms with Crippen LogP contribution in [0, 0.1) is 0 Å². The van der Waals surface area contributed by atoms with Crippen LogP contribution in [0.5, 0.6) is 5.75 Å². The van der Waals surface area contributed by atoms with E-state index in [4.69, 9.17) is 27.9 Å². The number of carbonyl (C=O) groups excluding carboxylic acids is 1. The number of ether oxygens (including phenoxy) is 1. The van der Waals surface area contributed by atoms with Crippen LogP contribution >= 0.6 is 23.2 Å². The van der Waals surface area contributed by atoms with E-state index in [0.29, 0.717) is 38.7 Å². The number of benzene rings is 2. The van der Waals surface area contributed by atoms with Crippen molar-refractivity contribution in [1.82, 2.24) is 14.8 Å². The molecule has 0 bridgehead atoms. The van der Waals surface area contributed by atoms with Gasteiger partial charge in [0.2, 0.25) is 5.95 Å². The Kier molecular flexibility index (Phi) is 5.17. The Balaban J connectivity index is 1.73. The summed E-state index contributed by atoms with van der Waals surface area (Å²) >= 11 is 12.3. The number of rotatable bonds is 4. The van der Waals surface area contributed by atoms with E-state index < -0.39 is 6.04 Å². The molecule has 1 atom stereocenters. The average molecular weight is 430 g/mol. The van der Waals surface area contributed by atoms with E-state index in [0.717, 1.165) is 5.56 Å². The maximum absolute atomic E-state index is 13.2. The minimum Gasteiger partial charge on any atom is -0.497 e. The molecule has 1 amide bonds. The van der Waals surface area contributed by atoms with Crippen molar-refractivity contribution >= 4 is 40.7 Å². The molecule has 7 nitrogen and oxygen atoms in total. The van der Waals surface area contributed by atoms with Crippen molar-refractivity contribution in [1.29, 1.82) is 0 Å². The Bertz CT molecular complexity index is 1110. The summed E-state index contributed by atoms with van der Waals surface area (Å²) < 4.78 is 6.81. The number of allylic oxidation sites excluding steroid dienone is 1. The summed E-state index contributed by atoms with van der Waals surface area (Å²) in [6, 6.07) is 11.9. The van der Waals surface area contributed by atoms with Gasteiger partial charge < -0.3 is 15.4 Å². The van der Waals surface area contributed by atoms with Gasteiger partial charge in [-0.25, -0.2) is 4.68 Å². The zero-order chi connectivity index (χ0) is 20.5. The van der Waals surface area contributed by atoms with Crippen molar-refractivity contribution in [2.45, 2.75) is 13.0 Å². The third kappa shape index (κ3) is 3.66. The topological polar surface area (TPSA) is 81.1 Å². The number of fused-ring (bicyclic) bond motifs is 1. The summed E-state index contributed by atoms with van der Waals surface area (Å²) in [5, 5.41) is 11.2. The zero-order valence-electron chi connectivity index (χ0n) is 15.6. The van der Waals surface area contributed by atoms with Gasteiger partial charge in [0.25, 0.3) is 5.91 Å². The summed E-state index contributed by atoms with van der Waals surface area (Å²) in [6.45, 7) is 1.83. The molecular weight excluding hydrogens is 413 g/mol. The summed E-state index contributed by atoms with van der Waals surface area (Å²) in [5.74, 6) is 0.982. The molecule has 0 spiro atoms. The summed E-state index contributed by atoms with van der Waals surface area (Å²) in [5.41, 5.74) is 2.59. The van der Waals surface area contributed by atoms with Gasteiger partial charge in [0, 0.05) is 11.4 Å². The smallest absolute Gasteiger partial charge is 0.255 e. The van der Waals surface area contributed by atoms with Crippen LogP contribution in [0.1, 0.15) is 18.5 Å². The lowest BCUT2D eigenvalue weighted by molar-refractivity contribution is -0.113. The Morgan fingerprint density at radius 1 is 1.17 bits per heavy atom. The Morgan fingerprint density at radius 3 is 2.62 bits per heavy atom. The van der Waals surface area contributed by atoms with E-state index in [1.807, 2.05) is 13.0 Å². The molecule has 9 heteroatoms. The van der Waals surface area contributed by atoms with E-state index in [2.05, 4.69) is 20.7 Å². The number of methoxy groups -OCH3 is 1. The van der Waals surface area contributed by atoms with Crippen LogP contribution in [0.4, 0.5) is 11.6 Å². The Labute approximate surface area is 177 Å². The number of nitrogens with zero attached hydrogens (tertiary/aromatic N) is 3. The lowest BCUT2D eigenvalue weighted by Gasteiger charge is -2.29.